The summed E-state index contributed by atoms with van der Waals surface area (Å²) in [5.74, 6) is 1.53. The standard InChI is InChI=1S/C14H14N4O3/c1-10-7-11(17-21-10)8-20-14-15-9-18(16-14)12-3-5-13(19-2)6-4-12/h3-7,9H,8H2,1-2H3. The molecule has 0 atom stereocenters. The van der Waals surface area contributed by atoms with E-state index >= 15 is 0 Å². The predicted octanol–water partition coefficient (Wildman–Crippen LogP) is 2.15. The number of benzene rings is 1. The van der Waals surface area contributed by atoms with Crippen molar-refractivity contribution in [3.8, 4) is 17.4 Å². The quantitative estimate of drug-likeness (QED) is 0.715. The van der Waals surface area contributed by atoms with Crippen LogP contribution in [0.4, 0.5) is 0 Å². The highest BCUT2D eigenvalue weighted by atomic mass is 16.5. The van der Waals surface area contributed by atoms with Crippen molar-refractivity contribution in [2.75, 3.05) is 7.11 Å². The van der Waals surface area contributed by atoms with Crippen LogP contribution in [0.3, 0.4) is 0 Å². The van der Waals surface area contributed by atoms with E-state index in [9.17, 15) is 0 Å². The van der Waals surface area contributed by atoms with Gasteiger partial charge in [-0.05, 0) is 31.2 Å². The third-order valence-electron chi connectivity index (χ3n) is 2.83. The first-order valence-corrected chi connectivity index (χ1v) is 6.35. The zero-order valence-electron chi connectivity index (χ0n) is 11.7. The fraction of sp³-hybridized carbons (Fsp3) is 0.214. The van der Waals surface area contributed by atoms with Crippen molar-refractivity contribution in [2.45, 2.75) is 13.5 Å². The lowest BCUT2D eigenvalue weighted by Crippen LogP contribution is -1.99. The van der Waals surface area contributed by atoms with E-state index in [1.54, 1.807) is 24.2 Å². The minimum absolute atomic E-state index is 0.268. The van der Waals surface area contributed by atoms with Gasteiger partial charge < -0.3 is 14.0 Å². The predicted molar refractivity (Wildman–Crippen MR) is 73.5 cm³/mol. The van der Waals surface area contributed by atoms with Crippen LogP contribution in [0.5, 0.6) is 11.8 Å². The van der Waals surface area contributed by atoms with Crippen LogP contribution in [0.25, 0.3) is 5.69 Å². The Labute approximate surface area is 121 Å². The lowest BCUT2D eigenvalue weighted by atomic mass is 10.3. The second-order valence-electron chi connectivity index (χ2n) is 4.39. The van der Waals surface area contributed by atoms with Gasteiger partial charge in [0.15, 0.2) is 0 Å². The zero-order valence-corrected chi connectivity index (χ0v) is 11.7. The summed E-state index contributed by atoms with van der Waals surface area (Å²) in [5, 5.41) is 8.08. The normalized spacial score (nSPS) is 10.6. The van der Waals surface area contributed by atoms with Gasteiger partial charge in [-0.15, -0.1) is 5.10 Å². The summed E-state index contributed by atoms with van der Waals surface area (Å²) >= 11 is 0. The molecular formula is C14H14N4O3. The second-order valence-corrected chi connectivity index (χ2v) is 4.39. The largest absolute Gasteiger partial charge is 0.497 e. The molecule has 0 fully saturated rings. The van der Waals surface area contributed by atoms with Crippen LogP contribution in [0.15, 0.2) is 41.2 Å². The fourth-order valence-electron chi connectivity index (χ4n) is 1.80. The Kier molecular flexibility index (Phi) is 3.55. The molecule has 0 radical (unpaired) electrons. The molecule has 2 aromatic heterocycles. The van der Waals surface area contributed by atoms with Crippen LogP contribution in [-0.2, 0) is 6.61 Å². The Balaban J connectivity index is 1.67. The molecule has 0 N–H and O–H groups in total. The molecule has 3 rings (SSSR count). The SMILES string of the molecule is COc1ccc(-n2cnc(OCc3cc(C)on3)n2)cc1. The minimum Gasteiger partial charge on any atom is -0.497 e. The molecule has 0 aliphatic heterocycles. The number of methoxy groups -OCH3 is 1. The zero-order chi connectivity index (χ0) is 14.7. The molecule has 7 heteroatoms. The Hall–Kier alpha value is -2.83. The first-order chi connectivity index (χ1) is 10.2. The van der Waals surface area contributed by atoms with Crippen molar-refractivity contribution < 1.29 is 14.0 Å². The summed E-state index contributed by atoms with van der Waals surface area (Å²) in [7, 11) is 1.63. The van der Waals surface area contributed by atoms with Gasteiger partial charge >= 0.3 is 6.01 Å². The molecule has 2 heterocycles. The van der Waals surface area contributed by atoms with Gasteiger partial charge in [0.2, 0.25) is 0 Å². The maximum Gasteiger partial charge on any atom is 0.336 e. The van der Waals surface area contributed by atoms with Crippen LogP contribution >= 0.6 is 0 Å². The number of aromatic nitrogens is 4. The molecule has 0 saturated carbocycles. The molecule has 3 aromatic rings. The molecule has 0 aliphatic carbocycles. The van der Waals surface area contributed by atoms with Gasteiger partial charge in [-0.1, -0.05) is 5.16 Å². The Morgan fingerprint density at radius 2 is 2.05 bits per heavy atom. The summed E-state index contributed by atoms with van der Waals surface area (Å²) in [5.41, 5.74) is 1.57. The Bertz CT molecular complexity index is 718. The van der Waals surface area contributed by atoms with Gasteiger partial charge in [0, 0.05) is 6.07 Å². The molecule has 21 heavy (non-hydrogen) atoms. The average Bonchev–Trinajstić information content (AvgIpc) is 3.14. The number of rotatable bonds is 5. The molecule has 7 nitrogen and oxygen atoms in total. The van der Waals surface area contributed by atoms with Gasteiger partial charge in [0.1, 0.15) is 30.1 Å². The maximum absolute atomic E-state index is 5.46. The van der Waals surface area contributed by atoms with E-state index in [-0.39, 0.29) is 12.6 Å². The summed E-state index contributed by atoms with van der Waals surface area (Å²) in [6.45, 7) is 2.09. The van der Waals surface area contributed by atoms with Crippen molar-refractivity contribution in [1.82, 2.24) is 19.9 Å². The molecule has 108 valence electrons. The second kappa shape index (κ2) is 5.66. The fourth-order valence-corrected chi connectivity index (χ4v) is 1.80. The summed E-state index contributed by atoms with van der Waals surface area (Å²) in [6, 6.07) is 9.58. The van der Waals surface area contributed by atoms with E-state index in [0.717, 1.165) is 17.2 Å². The van der Waals surface area contributed by atoms with E-state index in [1.165, 1.54) is 0 Å². The highest BCUT2D eigenvalue weighted by molar-refractivity contribution is 5.36. The van der Waals surface area contributed by atoms with E-state index in [2.05, 4.69) is 15.2 Å². The Morgan fingerprint density at radius 3 is 2.71 bits per heavy atom. The van der Waals surface area contributed by atoms with Crippen molar-refractivity contribution in [3.63, 3.8) is 0 Å². The topological polar surface area (TPSA) is 75.2 Å². The summed E-state index contributed by atoms with van der Waals surface area (Å²) in [6.07, 6.45) is 1.59. The van der Waals surface area contributed by atoms with Crippen LogP contribution in [0.2, 0.25) is 0 Å². The monoisotopic (exact) mass is 286 g/mol. The van der Waals surface area contributed by atoms with Gasteiger partial charge in [-0.25, -0.2) is 4.68 Å². The molecule has 0 aliphatic rings. The molecular weight excluding hydrogens is 272 g/mol. The summed E-state index contributed by atoms with van der Waals surface area (Å²) in [4.78, 5) is 4.10. The van der Waals surface area contributed by atoms with Crippen LogP contribution in [0.1, 0.15) is 11.5 Å². The van der Waals surface area contributed by atoms with Crippen LogP contribution < -0.4 is 9.47 Å². The molecule has 1 aromatic carbocycles. The third-order valence-corrected chi connectivity index (χ3v) is 2.83. The lowest BCUT2D eigenvalue weighted by molar-refractivity contribution is 0.266. The smallest absolute Gasteiger partial charge is 0.336 e. The Morgan fingerprint density at radius 1 is 1.24 bits per heavy atom. The van der Waals surface area contributed by atoms with Gasteiger partial charge in [-0.2, -0.15) is 4.98 Å². The van der Waals surface area contributed by atoms with E-state index < -0.39 is 0 Å². The van der Waals surface area contributed by atoms with Crippen molar-refractivity contribution in [2.24, 2.45) is 0 Å². The third kappa shape index (κ3) is 3.02. The molecule has 0 saturated heterocycles. The van der Waals surface area contributed by atoms with E-state index in [0.29, 0.717) is 5.69 Å². The van der Waals surface area contributed by atoms with Crippen LogP contribution in [-0.4, -0.2) is 27.0 Å². The van der Waals surface area contributed by atoms with Gasteiger partial charge in [0.05, 0.1) is 12.8 Å². The molecule has 0 spiro atoms. The molecule has 0 bridgehead atoms. The van der Waals surface area contributed by atoms with E-state index in [4.69, 9.17) is 14.0 Å². The first kappa shape index (κ1) is 13.2. The number of hydrogen-bond acceptors (Lipinski definition) is 6. The molecule has 0 amide bonds. The van der Waals surface area contributed by atoms with Crippen molar-refractivity contribution >= 4 is 0 Å². The van der Waals surface area contributed by atoms with Crippen molar-refractivity contribution in [3.05, 3.63) is 48.1 Å². The minimum atomic E-state index is 0.268. The highest BCUT2D eigenvalue weighted by Gasteiger charge is 2.06. The van der Waals surface area contributed by atoms with E-state index in [1.807, 2.05) is 31.2 Å². The number of ether oxygens (including phenoxy) is 2. The first-order valence-electron chi connectivity index (χ1n) is 6.35. The highest BCUT2D eigenvalue weighted by Crippen LogP contribution is 2.15. The molecule has 0 unspecified atom stereocenters. The number of aryl methyl sites for hydroxylation is 1. The average molecular weight is 286 g/mol. The van der Waals surface area contributed by atoms with Gasteiger partial charge in [-0.3, -0.25) is 0 Å². The summed E-state index contributed by atoms with van der Waals surface area (Å²) < 4.78 is 17.2. The maximum atomic E-state index is 5.46. The number of hydrogen-bond donors (Lipinski definition) is 0. The number of nitrogens with zero attached hydrogens (tertiary/aromatic N) is 4. The van der Waals surface area contributed by atoms with Crippen molar-refractivity contribution in [1.29, 1.82) is 0 Å². The lowest BCUT2D eigenvalue weighted by Gasteiger charge is -2.02. The van der Waals surface area contributed by atoms with Crippen LogP contribution in [0, 0.1) is 6.92 Å². The van der Waals surface area contributed by atoms with Gasteiger partial charge in [0.25, 0.3) is 0 Å².